The fraction of sp³-hybridized carbons (Fsp3) is 0.0714. The highest BCUT2D eigenvalue weighted by Crippen LogP contribution is 2.24. The Morgan fingerprint density at radius 1 is 1.21 bits per heavy atom. The minimum Gasteiger partial charge on any atom is -0.322 e. The third-order valence-corrected chi connectivity index (χ3v) is 3.58. The first-order valence-electron chi connectivity index (χ1n) is 5.50. The van der Waals surface area contributed by atoms with Crippen molar-refractivity contribution in [3.63, 3.8) is 0 Å². The number of anilines is 1. The van der Waals surface area contributed by atoms with E-state index in [4.69, 9.17) is 11.6 Å². The van der Waals surface area contributed by atoms with Gasteiger partial charge < -0.3 is 5.32 Å². The number of benzene rings is 2. The van der Waals surface area contributed by atoms with Gasteiger partial charge in [0.15, 0.2) is 0 Å². The average molecular weight is 296 g/mol. The van der Waals surface area contributed by atoms with E-state index in [9.17, 15) is 9.18 Å². The Kier molecular flexibility index (Phi) is 4.45. The maximum atomic E-state index is 12.8. The molecule has 2 aromatic carbocycles. The summed E-state index contributed by atoms with van der Waals surface area (Å²) in [6.45, 7) is 0. The second-order valence-corrected chi connectivity index (χ2v) is 5.09. The van der Waals surface area contributed by atoms with Crippen LogP contribution in [0.5, 0.6) is 0 Å². The molecule has 2 rings (SSSR count). The Morgan fingerprint density at radius 2 is 1.89 bits per heavy atom. The number of rotatable bonds is 3. The number of halogens is 2. The van der Waals surface area contributed by atoms with E-state index in [1.807, 2.05) is 12.3 Å². The van der Waals surface area contributed by atoms with Crippen molar-refractivity contribution in [3.8, 4) is 0 Å². The molecular formula is C14H11ClFNOS. The van der Waals surface area contributed by atoms with Crippen LogP contribution >= 0.6 is 23.4 Å². The van der Waals surface area contributed by atoms with Gasteiger partial charge in [0.05, 0.1) is 10.6 Å². The van der Waals surface area contributed by atoms with Crippen molar-refractivity contribution in [1.82, 2.24) is 0 Å². The highest BCUT2D eigenvalue weighted by atomic mass is 35.5. The van der Waals surface area contributed by atoms with E-state index in [1.165, 1.54) is 36.0 Å². The summed E-state index contributed by atoms with van der Waals surface area (Å²) in [4.78, 5) is 13.0. The summed E-state index contributed by atoms with van der Waals surface area (Å²) in [5, 5.41) is 3.06. The van der Waals surface area contributed by atoms with Crippen LogP contribution in [0.15, 0.2) is 47.4 Å². The van der Waals surface area contributed by atoms with Crippen LogP contribution in [0.1, 0.15) is 10.4 Å². The number of carbonyl (C=O) groups excluding carboxylic acids is 1. The van der Waals surface area contributed by atoms with E-state index < -0.39 is 0 Å². The van der Waals surface area contributed by atoms with Crippen LogP contribution in [-0.4, -0.2) is 12.2 Å². The first kappa shape index (κ1) is 13.9. The minimum absolute atomic E-state index is 0.312. The SMILES string of the molecule is CSc1ccc(Cl)c(C(=O)Nc2ccc(F)cc2)c1. The quantitative estimate of drug-likeness (QED) is 0.847. The van der Waals surface area contributed by atoms with Gasteiger partial charge in [0.1, 0.15) is 5.82 Å². The molecule has 0 saturated carbocycles. The molecule has 0 aliphatic rings. The van der Waals surface area contributed by atoms with Gasteiger partial charge in [-0.15, -0.1) is 11.8 Å². The number of carbonyl (C=O) groups is 1. The Balaban J connectivity index is 2.22. The molecule has 1 N–H and O–H groups in total. The van der Waals surface area contributed by atoms with E-state index in [0.717, 1.165) is 4.90 Å². The molecule has 0 unspecified atom stereocenters. The molecule has 0 aliphatic carbocycles. The molecule has 2 nitrogen and oxygen atoms in total. The molecule has 0 aliphatic heterocycles. The summed E-state index contributed by atoms with van der Waals surface area (Å²) < 4.78 is 12.8. The lowest BCUT2D eigenvalue weighted by atomic mass is 10.2. The van der Waals surface area contributed by atoms with Crippen molar-refractivity contribution in [3.05, 3.63) is 58.9 Å². The summed E-state index contributed by atoms with van der Waals surface area (Å²) in [6, 6.07) is 10.8. The highest BCUT2D eigenvalue weighted by molar-refractivity contribution is 7.98. The maximum absolute atomic E-state index is 12.8. The van der Waals surface area contributed by atoms with Gasteiger partial charge in [0, 0.05) is 10.6 Å². The first-order valence-corrected chi connectivity index (χ1v) is 7.11. The lowest BCUT2D eigenvalue weighted by Gasteiger charge is -2.08. The van der Waals surface area contributed by atoms with Crippen molar-refractivity contribution >= 4 is 35.0 Å². The molecule has 1 amide bonds. The van der Waals surface area contributed by atoms with E-state index in [0.29, 0.717) is 16.3 Å². The molecule has 2 aromatic rings. The standard InChI is InChI=1S/C14H11ClFNOS/c1-19-11-6-7-13(15)12(8-11)14(18)17-10-4-2-9(16)3-5-10/h2-8H,1H3,(H,17,18). The summed E-state index contributed by atoms with van der Waals surface area (Å²) >= 11 is 7.54. The molecule has 98 valence electrons. The zero-order valence-corrected chi connectivity index (χ0v) is 11.7. The Hall–Kier alpha value is -1.52. The summed E-state index contributed by atoms with van der Waals surface area (Å²) in [6.07, 6.45) is 1.92. The van der Waals surface area contributed by atoms with Crippen molar-refractivity contribution in [1.29, 1.82) is 0 Å². The van der Waals surface area contributed by atoms with Crippen molar-refractivity contribution in [2.45, 2.75) is 4.90 Å². The lowest BCUT2D eigenvalue weighted by molar-refractivity contribution is 0.102. The van der Waals surface area contributed by atoms with E-state index in [1.54, 1.807) is 12.1 Å². The second-order valence-electron chi connectivity index (χ2n) is 3.81. The largest absolute Gasteiger partial charge is 0.322 e. The normalized spacial score (nSPS) is 10.3. The van der Waals surface area contributed by atoms with E-state index in [-0.39, 0.29) is 11.7 Å². The molecule has 0 aromatic heterocycles. The molecule has 0 bridgehead atoms. The van der Waals surface area contributed by atoms with Crippen LogP contribution in [0.25, 0.3) is 0 Å². The monoisotopic (exact) mass is 295 g/mol. The number of nitrogens with one attached hydrogen (secondary N) is 1. The fourth-order valence-electron chi connectivity index (χ4n) is 1.54. The zero-order valence-electron chi connectivity index (χ0n) is 10.1. The number of thioether (sulfide) groups is 1. The number of hydrogen-bond acceptors (Lipinski definition) is 2. The smallest absolute Gasteiger partial charge is 0.257 e. The zero-order chi connectivity index (χ0) is 13.8. The highest BCUT2D eigenvalue weighted by Gasteiger charge is 2.11. The van der Waals surface area contributed by atoms with Crippen LogP contribution in [-0.2, 0) is 0 Å². The van der Waals surface area contributed by atoms with Gasteiger partial charge in [-0.2, -0.15) is 0 Å². The molecule has 5 heteroatoms. The second kappa shape index (κ2) is 6.08. The third-order valence-electron chi connectivity index (χ3n) is 2.52. The maximum Gasteiger partial charge on any atom is 0.257 e. The van der Waals surface area contributed by atoms with Crippen LogP contribution in [0.3, 0.4) is 0 Å². The van der Waals surface area contributed by atoms with Gasteiger partial charge >= 0.3 is 0 Å². The molecule has 0 saturated heterocycles. The molecule has 0 fully saturated rings. The van der Waals surface area contributed by atoms with Gasteiger partial charge in [-0.3, -0.25) is 4.79 Å². The predicted octanol–water partition coefficient (Wildman–Crippen LogP) is 4.45. The topological polar surface area (TPSA) is 29.1 Å². The minimum atomic E-state index is -0.347. The molecule has 0 spiro atoms. The molecule has 19 heavy (non-hydrogen) atoms. The molecule has 0 atom stereocenters. The van der Waals surface area contributed by atoms with Gasteiger partial charge in [0.25, 0.3) is 5.91 Å². The van der Waals surface area contributed by atoms with Crippen LogP contribution in [0.2, 0.25) is 5.02 Å². The Labute approximate surface area is 120 Å². The van der Waals surface area contributed by atoms with Crippen molar-refractivity contribution in [2.24, 2.45) is 0 Å². The number of hydrogen-bond donors (Lipinski definition) is 1. The summed E-state index contributed by atoms with van der Waals surface area (Å²) in [7, 11) is 0. The van der Waals surface area contributed by atoms with Gasteiger partial charge in [-0.25, -0.2) is 4.39 Å². The summed E-state index contributed by atoms with van der Waals surface area (Å²) in [5.74, 6) is -0.659. The van der Waals surface area contributed by atoms with Crippen LogP contribution in [0.4, 0.5) is 10.1 Å². The van der Waals surface area contributed by atoms with E-state index in [2.05, 4.69) is 5.32 Å². The molecule has 0 heterocycles. The Morgan fingerprint density at radius 3 is 2.53 bits per heavy atom. The molecular weight excluding hydrogens is 285 g/mol. The van der Waals surface area contributed by atoms with Crippen molar-refractivity contribution in [2.75, 3.05) is 11.6 Å². The van der Waals surface area contributed by atoms with Gasteiger partial charge in [-0.05, 0) is 48.7 Å². The molecule has 0 radical (unpaired) electrons. The predicted molar refractivity (Wildman–Crippen MR) is 77.6 cm³/mol. The number of amides is 1. The third kappa shape index (κ3) is 3.49. The summed E-state index contributed by atoms with van der Waals surface area (Å²) in [5.41, 5.74) is 0.926. The fourth-order valence-corrected chi connectivity index (χ4v) is 2.18. The van der Waals surface area contributed by atoms with Crippen LogP contribution < -0.4 is 5.32 Å². The van der Waals surface area contributed by atoms with Crippen LogP contribution in [0, 0.1) is 5.82 Å². The average Bonchev–Trinajstić information content (AvgIpc) is 2.42. The van der Waals surface area contributed by atoms with Gasteiger partial charge in [-0.1, -0.05) is 11.6 Å². The van der Waals surface area contributed by atoms with Crippen molar-refractivity contribution < 1.29 is 9.18 Å². The lowest BCUT2D eigenvalue weighted by Crippen LogP contribution is -2.12. The van der Waals surface area contributed by atoms with Gasteiger partial charge in [0.2, 0.25) is 0 Å². The Bertz CT molecular complexity index is 601. The first-order chi connectivity index (χ1) is 9.10. The van der Waals surface area contributed by atoms with E-state index >= 15 is 0 Å².